The van der Waals surface area contributed by atoms with E-state index in [0.717, 1.165) is 12.3 Å². The number of anilines is 1. The van der Waals surface area contributed by atoms with Gasteiger partial charge in [-0.1, -0.05) is 24.9 Å². The maximum atomic E-state index is 10.9. The molecule has 8 heteroatoms. The lowest BCUT2D eigenvalue weighted by Gasteiger charge is -2.14. The van der Waals surface area contributed by atoms with Gasteiger partial charge in [0.15, 0.2) is 0 Å². The number of halogens is 1. The molecule has 7 nitrogen and oxygen atoms in total. The maximum absolute atomic E-state index is 10.9. The number of nitrogens with zero attached hydrogens (tertiary/aromatic N) is 2. The fourth-order valence-corrected chi connectivity index (χ4v) is 1.56. The molecule has 0 aliphatic rings. The zero-order valence-electron chi connectivity index (χ0n) is 9.59. The van der Waals surface area contributed by atoms with Crippen LogP contribution in [0, 0.1) is 10.1 Å². The van der Waals surface area contributed by atoms with Crippen LogP contribution < -0.4 is 5.32 Å². The molecule has 2 N–H and O–H groups in total. The number of hydrogen-bond donors (Lipinski definition) is 2. The fourth-order valence-electron chi connectivity index (χ4n) is 1.34. The second-order valence-corrected chi connectivity index (χ2v) is 4.01. The van der Waals surface area contributed by atoms with Gasteiger partial charge in [-0.25, -0.2) is 9.78 Å². The Balaban J connectivity index is 2.90. The van der Waals surface area contributed by atoms with Crippen molar-refractivity contribution in [3.8, 4) is 0 Å². The number of nitro groups is 1. The van der Waals surface area contributed by atoms with Gasteiger partial charge in [-0.05, 0) is 6.42 Å². The fraction of sp³-hybridized carbons (Fsp3) is 0.400. The maximum Gasteiger partial charge on any atom is 0.326 e. The van der Waals surface area contributed by atoms with Crippen molar-refractivity contribution in [3.05, 3.63) is 27.4 Å². The van der Waals surface area contributed by atoms with Crippen molar-refractivity contribution in [2.75, 3.05) is 5.32 Å². The van der Waals surface area contributed by atoms with Gasteiger partial charge in [0, 0.05) is 6.07 Å². The third-order valence-electron chi connectivity index (χ3n) is 2.22. The van der Waals surface area contributed by atoms with E-state index in [1.54, 1.807) is 0 Å². The summed E-state index contributed by atoms with van der Waals surface area (Å²) in [4.78, 5) is 24.6. The number of rotatable bonds is 6. The highest BCUT2D eigenvalue weighted by Crippen LogP contribution is 2.24. The molecule has 98 valence electrons. The average molecular weight is 274 g/mol. The van der Waals surface area contributed by atoms with Gasteiger partial charge in [-0.3, -0.25) is 10.1 Å². The Labute approximate surface area is 108 Å². The molecular weight excluding hydrogens is 262 g/mol. The third kappa shape index (κ3) is 3.56. The first-order chi connectivity index (χ1) is 8.45. The van der Waals surface area contributed by atoms with Crippen molar-refractivity contribution in [3.63, 3.8) is 0 Å². The van der Waals surface area contributed by atoms with Crippen LogP contribution in [0.5, 0.6) is 0 Å². The summed E-state index contributed by atoms with van der Waals surface area (Å²) >= 11 is 5.80. The first-order valence-corrected chi connectivity index (χ1v) is 5.62. The lowest BCUT2D eigenvalue weighted by Crippen LogP contribution is -2.29. The van der Waals surface area contributed by atoms with Crippen LogP contribution in [0.2, 0.25) is 5.02 Å². The topological polar surface area (TPSA) is 105 Å². The number of pyridine rings is 1. The van der Waals surface area contributed by atoms with Gasteiger partial charge in [0.25, 0.3) is 5.69 Å². The minimum atomic E-state index is -1.02. The van der Waals surface area contributed by atoms with Crippen molar-refractivity contribution in [1.29, 1.82) is 0 Å². The molecule has 1 rings (SSSR count). The molecule has 0 bridgehead atoms. The van der Waals surface area contributed by atoms with Crippen molar-refractivity contribution < 1.29 is 14.8 Å². The second kappa shape index (κ2) is 6.15. The first kappa shape index (κ1) is 14.2. The van der Waals surface area contributed by atoms with Crippen LogP contribution in [-0.4, -0.2) is 27.0 Å². The highest BCUT2D eigenvalue weighted by molar-refractivity contribution is 6.33. The molecule has 18 heavy (non-hydrogen) atoms. The van der Waals surface area contributed by atoms with Crippen LogP contribution in [0.4, 0.5) is 11.5 Å². The SMILES string of the molecule is CCCC(Nc1ncc([N+](=O)[O-])cc1Cl)C(=O)O. The average Bonchev–Trinajstić information content (AvgIpc) is 2.30. The van der Waals surface area contributed by atoms with E-state index in [1.165, 1.54) is 0 Å². The second-order valence-electron chi connectivity index (χ2n) is 3.60. The minimum absolute atomic E-state index is 0.0200. The van der Waals surface area contributed by atoms with Crippen LogP contribution >= 0.6 is 11.6 Å². The van der Waals surface area contributed by atoms with E-state index in [2.05, 4.69) is 10.3 Å². The largest absolute Gasteiger partial charge is 0.480 e. The van der Waals surface area contributed by atoms with Gasteiger partial charge in [0.05, 0.1) is 9.95 Å². The normalized spacial score (nSPS) is 11.9. The molecule has 1 aromatic rings. The molecule has 0 aromatic carbocycles. The van der Waals surface area contributed by atoms with Gasteiger partial charge >= 0.3 is 5.97 Å². The Morgan fingerprint density at radius 3 is 2.83 bits per heavy atom. The standard InChI is InChI=1S/C10H12ClN3O4/c1-2-3-8(10(15)16)13-9-7(11)4-6(5-12-9)14(17)18/h4-5,8H,2-3H2,1H3,(H,12,13)(H,15,16). The van der Waals surface area contributed by atoms with Crippen molar-refractivity contribution in [2.24, 2.45) is 0 Å². The lowest BCUT2D eigenvalue weighted by molar-refractivity contribution is -0.385. The van der Waals surface area contributed by atoms with Gasteiger partial charge < -0.3 is 10.4 Å². The van der Waals surface area contributed by atoms with Crippen LogP contribution in [0.25, 0.3) is 0 Å². The van der Waals surface area contributed by atoms with E-state index >= 15 is 0 Å². The van der Waals surface area contributed by atoms with E-state index in [0.29, 0.717) is 12.8 Å². The Hall–Kier alpha value is -1.89. The molecule has 0 radical (unpaired) electrons. The Morgan fingerprint density at radius 2 is 2.39 bits per heavy atom. The third-order valence-corrected chi connectivity index (χ3v) is 2.51. The highest BCUT2D eigenvalue weighted by atomic mass is 35.5. The molecular formula is C10H12ClN3O4. The predicted octanol–water partition coefficient (Wildman–Crippen LogP) is 2.31. The van der Waals surface area contributed by atoms with Crippen molar-refractivity contribution in [1.82, 2.24) is 4.98 Å². The monoisotopic (exact) mass is 273 g/mol. The van der Waals surface area contributed by atoms with E-state index in [-0.39, 0.29) is 16.5 Å². The molecule has 0 fully saturated rings. The Morgan fingerprint density at radius 1 is 1.72 bits per heavy atom. The van der Waals surface area contributed by atoms with Crippen molar-refractivity contribution in [2.45, 2.75) is 25.8 Å². The molecule has 0 aliphatic carbocycles. The summed E-state index contributed by atoms with van der Waals surface area (Å²) in [6.45, 7) is 1.85. The number of carbonyl (C=O) groups is 1. The molecule has 0 saturated carbocycles. The molecule has 0 spiro atoms. The van der Waals surface area contributed by atoms with Gasteiger partial charge in [-0.2, -0.15) is 0 Å². The molecule has 1 unspecified atom stereocenters. The number of aromatic nitrogens is 1. The highest BCUT2D eigenvalue weighted by Gasteiger charge is 2.19. The number of hydrogen-bond acceptors (Lipinski definition) is 5. The van der Waals surface area contributed by atoms with E-state index in [1.807, 2.05) is 6.92 Å². The lowest BCUT2D eigenvalue weighted by atomic mass is 10.1. The molecule has 0 aliphatic heterocycles. The van der Waals surface area contributed by atoms with Gasteiger partial charge in [0.2, 0.25) is 0 Å². The van der Waals surface area contributed by atoms with Crippen molar-refractivity contribution >= 4 is 29.1 Å². The number of carboxylic acids is 1. The smallest absolute Gasteiger partial charge is 0.326 e. The summed E-state index contributed by atoms with van der Waals surface area (Å²) in [6.07, 6.45) is 2.11. The summed E-state index contributed by atoms with van der Waals surface area (Å²) in [5.74, 6) is -0.892. The summed E-state index contributed by atoms with van der Waals surface area (Å²) in [6, 6.07) is 0.309. The Bertz CT molecular complexity index is 466. The summed E-state index contributed by atoms with van der Waals surface area (Å²) in [5, 5.41) is 22.1. The zero-order valence-corrected chi connectivity index (χ0v) is 10.3. The number of aliphatic carboxylic acids is 1. The van der Waals surface area contributed by atoms with Gasteiger partial charge in [-0.15, -0.1) is 0 Å². The first-order valence-electron chi connectivity index (χ1n) is 5.25. The predicted molar refractivity (Wildman–Crippen MR) is 65.9 cm³/mol. The molecule has 1 heterocycles. The minimum Gasteiger partial charge on any atom is -0.480 e. The summed E-state index contributed by atoms with van der Waals surface area (Å²) in [5.41, 5.74) is -0.243. The molecule has 0 amide bonds. The zero-order chi connectivity index (χ0) is 13.7. The molecule has 1 aromatic heterocycles. The van der Waals surface area contributed by atoms with Gasteiger partial charge in [0.1, 0.15) is 18.1 Å². The molecule has 0 saturated heterocycles. The van der Waals surface area contributed by atoms with E-state index in [9.17, 15) is 14.9 Å². The van der Waals surface area contributed by atoms with E-state index in [4.69, 9.17) is 16.7 Å². The quantitative estimate of drug-likeness (QED) is 0.608. The van der Waals surface area contributed by atoms with Crippen LogP contribution in [0.1, 0.15) is 19.8 Å². The summed E-state index contributed by atoms with van der Waals surface area (Å²) in [7, 11) is 0. The molecule has 1 atom stereocenters. The summed E-state index contributed by atoms with van der Waals surface area (Å²) < 4.78 is 0. The van der Waals surface area contributed by atoms with Crippen LogP contribution in [-0.2, 0) is 4.79 Å². The van der Waals surface area contributed by atoms with E-state index < -0.39 is 16.9 Å². The van der Waals surface area contributed by atoms with Crippen LogP contribution in [0.3, 0.4) is 0 Å². The van der Waals surface area contributed by atoms with Crippen LogP contribution in [0.15, 0.2) is 12.3 Å². The Kier molecular flexibility index (Phi) is 4.85. The number of nitrogens with one attached hydrogen (secondary N) is 1. The number of carboxylic acid groups (broad SMARTS) is 1.